The molecular formula is C11H12Cl2N2O2. The van der Waals surface area contributed by atoms with Gasteiger partial charge in [-0.15, -0.1) is 0 Å². The minimum Gasteiger partial charge on any atom is -0.381 e. The molecule has 17 heavy (non-hydrogen) atoms. The number of rotatable bonds is 2. The average Bonchev–Trinajstić information content (AvgIpc) is 2.29. The number of aromatic nitrogens is 1. The van der Waals surface area contributed by atoms with Gasteiger partial charge in [-0.25, -0.2) is 4.98 Å². The predicted molar refractivity (Wildman–Crippen MR) is 65.6 cm³/mol. The van der Waals surface area contributed by atoms with Crippen LogP contribution in [-0.4, -0.2) is 30.1 Å². The predicted octanol–water partition coefficient (Wildman–Crippen LogP) is 2.30. The number of carbonyl (C=O) groups is 1. The van der Waals surface area contributed by atoms with Gasteiger partial charge in [0.1, 0.15) is 10.3 Å². The maximum absolute atomic E-state index is 11.9. The lowest BCUT2D eigenvalue weighted by atomic mass is 10.1. The van der Waals surface area contributed by atoms with Gasteiger partial charge in [-0.3, -0.25) is 4.79 Å². The van der Waals surface area contributed by atoms with E-state index < -0.39 is 0 Å². The molecule has 1 N–H and O–H groups in total. The van der Waals surface area contributed by atoms with Gasteiger partial charge < -0.3 is 10.1 Å². The Morgan fingerprint density at radius 3 is 2.47 bits per heavy atom. The van der Waals surface area contributed by atoms with Crippen molar-refractivity contribution in [3.05, 3.63) is 28.0 Å². The highest BCUT2D eigenvalue weighted by Crippen LogP contribution is 2.15. The smallest absolute Gasteiger partial charge is 0.251 e. The van der Waals surface area contributed by atoms with Crippen LogP contribution in [0.15, 0.2) is 12.1 Å². The second-order valence-corrected chi connectivity index (χ2v) is 4.64. The van der Waals surface area contributed by atoms with E-state index in [1.807, 2.05) is 0 Å². The molecule has 1 saturated heterocycles. The van der Waals surface area contributed by atoms with E-state index in [0.717, 1.165) is 12.8 Å². The monoisotopic (exact) mass is 274 g/mol. The van der Waals surface area contributed by atoms with E-state index in [1.54, 1.807) is 0 Å². The number of halogens is 2. The Morgan fingerprint density at radius 2 is 1.88 bits per heavy atom. The van der Waals surface area contributed by atoms with Gasteiger partial charge >= 0.3 is 0 Å². The summed E-state index contributed by atoms with van der Waals surface area (Å²) < 4.78 is 5.22. The first-order valence-electron chi connectivity index (χ1n) is 5.37. The molecule has 1 aliphatic heterocycles. The quantitative estimate of drug-likeness (QED) is 0.842. The van der Waals surface area contributed by atoms with Crippen LogP contribution in [0.3, 0.4) is 0 Å². The second kappa shape index (κ2) is 5.67. The number of hydrogen-bond donors (Lipinski definition) is 1. The largest absolute Gasteiger partial charge is 0.381 e. The van der Waals surface area contributed by atoms with E-state index in [0.29, 0.717) is 18.8 Å². The van der Waals surface area contributed by atoms with Crippen molar-refractivity contribution in [1.29, 1.82) is 0 Å². The third kappa shape index (κ3) is 3.56. The molecule has 0 spiro atoms. The molecule has 2 heterocycles. The minimum absolute atomic E-state index is 0.155. The Bertz CT molecular complexity index is 400. The first-order valence-corrected chi connectivity index (χ1v) is 6.12. The van der Waals surface area contributed by atoms with Crippen molar-refractivity contribution in [3.8, 4) is 0 Å². The number of hydrogen-bond acceptors (Lipinski definition) is 3. The van der Waals surface area contributed by atoms with E-state index in [1.165, 1.54) is 12.1 Å². The summed E-state index contributed by atoms with van der Waals surface area (Å²) in [4.78, 5) is 15.7. The van der Waals surface area contributed by atoms with Crippen LogP contribution in [0.4, 0.5) is 0 Å². The molecule has 0 bridgehead atoms. The van der Waals surface area contributed by atoms with E-state index in [9.17, 15) is 4.79 Å². The fourth-order valence-electron chi connectivity index (χ4n) is 1.71. The van der Waals surface area contributed by atoms with Gasteiger partial charge in [-0.1, -0.05) is 23.2 Å². The molecule has 0 aliphatic carbocycles. The van der Waals surface area contributed by atoms with Crippen molar-refractivity contribution in [2.24, 2.45) is 0 Å². The van der Waals surface area contributed by atoms with Gasteiger partial charge in [0.2, 0.25) is 0 Å². The molecule has 1 amide bonds. The summed E-state index contributed by atoms with van der Waals surface area (Å²) >= 11 is 11.5. The van der Waals surface area contributed by atoms with Gasteiger partial charge in [0.25, 0.3) is 5.91 Å². The number of nitrogens with zero attached hydrogens (tertiary/aromatic N) is 1. The van der Waals surface area contributed by atoms with Crippen molar-refractivity contribution in [3.63, 3.8) is 0 Å². The Labute approximate surface area is 109 Å². The van der Waals surface area contributed by atoms with Gasteiger partial charge in [-0.2, -0.15) is 0 Å². The summed E-state index contributed by atoms with van der Waals surface area (Å²) in [5.41, 5.74) is 0.432. The number of nitrogens with one attached hydrogen (secondary N) is 1. The molecule has 0 radical (unpaired) electrons. The normalized spacial score (nSPS) is 16.8. The fraction of sp³-hybridized carbons (Fsp3) is 0.455. The van der Waals surface area contributed by atoms with E-state index in [4.69, 9.17) is 27.9 Å². The van der Waals surface area contributed by atoms with Gasteiger partial charge in [0.05, 0.1) is 0 Å². The van der Waals surface area contributed by atoms with Gasteiger partial charge in [-0.05, 0) is 25.0 Å². The summed E-state index contributed by atoms with van der Waals surface area (Å²) in [5, 5.41) is 3.36. The molecule has 0 aromatic carbocycles. The summed E-state index contributed by atoms with van der Waals surface area (Å²) in [6.07, 6.45) is 1.66. The standard InChI is InChI=1S/C11H12Cl2N2O2/c12-9-5-7(6-10(13)15-9)11(16)14-8-1-3-17-4-2-8/h5-6,8H,1-4H2,(H,14,16). The van der Waals surface area contributed by atoms with Crippen molar-refractivity contribution in [1.82, 2.24) is 10.3 Å². The summed E-state index contributed by atoms with van der Waals surface area (Å²) in [6.45, 7) is 1.37. The van der Waals surface area contributed by atoms with Gasteiger partial charge in [0.15, 0.2) is 0 Å². The molecule has 2 rings (SSSR count). The fourth-order valence-corrected chi connectivity index (χ4v) is 2.17. The highest BCUT2D eigenvalue weighted by atomic mass is 35.5. The Hall–Kier alpha value is -0.840. The number of ether oxygens (including phenoxy) is 1. The van der Waals surface area contributed by atoms with Crippen LogP contribution in [0.5, 0.6) is 0 Å². The Kier molecular flexibility index (Phi) is 4.20. The maximum atomic E-state index is 11.9. The lowest BCUT2D eigenvalue weighted by Gasteiger charge is -2.23. The number of amides is 1. The summed E-state index contributed by atoms with van der Waals surface area (Å²) in [7, 11) is 0. The Morgan fingerprint density at radius 1 is 1.29 bits per heavy atom. The van der Waals surface area contributed by atoms with Gasteiger partial charge in [0, 0.05) is 24.8 Å². The third-order valence-corrected chi connectivity index (χ3v) is 2.97. The van der Waals surface area contributed by atoms with E-state index in [-0.39, 0.29) is 22.3 Å². The zero-order chi connectivity index (χ0) is 12.3. The van der Waals surface area contributed by atoms with Crippen LogP contribution >= 0.6 is 23.2 Å². The minimum atomic E-state index is -0.178. The van der Waals surface area contributed by atoms with Crippen molar-refractivity contribution < 1.29 is 9.53 Å². The molecule has 0 unspecified atom stereocenters. The van der Waals surface area contributed by atoms with Crippen LogP contribution < -0.4 is 5.32 Å². The molecule has 1 aromatic rings. The molecule has 92 valence electrons. The zero-order valence-electron chi connectivity index (χ0n) is 9.08. The topological polar surface area (TPSA) is 51.2 Å². The maximum Gasteiger partial charge on any atom is 0.251 e. The molecule has 6 heteroatoms. The molecule has 1 aromatic heterocycles. The van der Waals surface area contributed by atoms with Crippen LogP contribution in [0.2, 0.25) is 10.3 Å². The lowest BCUT2D eigenvalue weighted by molar-refractivity contribution is 0.0696. The summed E-state index contributed by atoms with van der Waals surface area (Å²) in [6, 6.07) is 3.16. The van der Waals surface area contributed by atoms with Crippen molar-refractivity contribution >= 4 is 29.1 Å². The molecule has 0 atom stereocenters. The molecule has 1 fully saturated rings. The molecular weight excluding hydrogens is 263 g/mol. The first-order chi connectivity index (χ1) is 8.15. The highest BCUT2D eigenvalue weighted by molar-refractivity contribution is 6.33. The second-order valence-electron chi connectivity index (χ2n) is 3.86. The van der Waals surface area contributed by atoms with E-state index >= 15 is 0 Å². The Balaban J connectivity index is 2.03. The van der Waals surface area contributed by atoms with Crippen LogP contribution in [0.25, 0.3) is 0 Å². The third-order valence-electron chi connectivity index (χ3n) is 2.58. The number of carbonyl (C=O) groups excluding carboxylic acids is 1. The van der Waals surface area contributed by atoms with E-state index in [2.05, 4.69) is 10.3 Å². The van der Waals surface area contributed by atoms with Crippen LogP contribution in [0, 0.1) is 0 Å². The molecule has 1 aliphatic rings. The lowest BCUT2D eigenvalue weighted by Crippen LogP contribution is -2.38. The van der Waals surface area contributed by atoms with Crippen LogP contribution in [-0.2, 0) is 4.74 Å². The number of pyridine rings is 1. The zero-order valence-corrected chi connectivity index (χ0v) is 10.6. The first kappa shape index (κ1) is 12.6. The van der Waals surface area contributed by atoms with Crippen molar-refractivity contribution in [2.75, 3.05) is 13.2 Å². The van der Waals surface area contributed by atoms with Crippen LogP contribution in [0.1, 0.15) is 23.2 Å². The molecule has 0 saturated carbocycles. The molecule has 4 nitrogen and oxygen atoms in total. The van der Waals surface area contributed by atoms with Crippen molar-refractivity contribution in [2.45, 2.75) is 18.9 Å². The highest BCUT2D eigenvalue weighted by Gasteiger charge is 2.17. The SMILES string of the molecule is O=C(NC1CCOCC1)c1cc(Cl)nc(Cl)c1. The average molecular weight is 275 g/mol. The summed E-state index contributed by atoms with van der Waals surface area (Å²) in [5.74, 6) is -0.178.